The first-order valence-electron chi connectivity index (χ1n) is 7.26. The predicted octanol–water partition coefficient (Wildman–Crippen LogP) is 1.88. The van der Waals surface area contributed by atoms with Gasteiger partial charge in [-0.1, -0.05) is 36.8 Å². The Balaban J connectivity index is 1.71. The molecule has 6 heteroatoms. The maximum atomic E-state index is 10.7. The lowest BCUT2D eigenvalue weighted by Gasteiger charge is -2.18. The van der Waals surface area contributed by atoms with Gasteiger partial charge in [0, 0.05) is 0 Å². The second-order valence-corrected chi connectivity index (χ2v) is 5.54. The fourth-order valence-corrected chi connectivity index (χ4v) is 3.08. The van der Waals surface area contributed by atoms with E-state index in [2.05, 4.69) is 39.7 Å². The molecule has 0 radical (unpaired) electrons. The summed E-state index contributed by atoms with van der Waals surface area (Å²) in [6, 6.07) is 10.6. The maximum Gasteiger partial charge on any atom is 0.311 e. The van der Waals surface area contributed by atoms with Gasteiger partial charge in [-0.15, -0.1) is 10.2 Å². The second-order valence-electron chi connectivity index (χ2n) is 5.54. The van der Waals surface area contributed by atoms with Crippen LogP contribution in [0.3, 0.4) is 0 Å². The van der Waals surface area contributed by atoms with Gasteiger partial charge in [-0.3, -0.25) is 4.79 Å². The Bertz CT molecular complexity index is 611. The summed E-state index contributed by atoms with van der Waals surface area (Å²) < 4.78 is 0. The van der Waals surface area contributed by atoms with Crippen LogP contribution in [0.25, 0.3) is 0 Å². The van der Waals surface area contributed by atoms with Crippen LogP contribution in [0.4, 0.5) is 0 Å². The lowest BCUT2D eigenvalue weighted by atomic mass is 9.95. The molecule has 2 unspecified atom stereocenters. The van der Waals surface area contributed by atoms with Crippen molar-refractivity contribution in [1.29, 1.82) is 0 Å². The molecule has 6 nitrogen and oxygen atoms in total. The van der Waals surface area contributed by atoms with Gasteiger partial charge in [0.15, 0.2) is 5.82 Å². The fourth-order valence-electron chi connectivity index (χ4n) is 3.08. The number of hydrogen-bond donors (Lipinski definition) is 1. The van der Waals surface area contributed by atoms with Gasteiger partial charge < -0.3 is 5.11 Å². The molecule has 1 aromatic heterocycles. The molecule has 0 spiro atoms. The van der Waals surface area contributed by atoms with Crippen LogP contribution in [0.15, 0.2) is 30.3 Å². The SMILES string of the molecule is O=C(O)Cc1nnn(C2CCCC2Cc2ccccc2)n1. The van der Waals surface area contributed by atoms with Crippen molar-refractivity contribution in [3.63, 3.8) is 0 Å². The molecule has 1 N–H and O–H groups in total. The standard InChI is InChI=1S/C15H18N4O2/c20-15(21)10-14-16-18-19(17-14)13-8-4-7-12(13)9-11-5-2-1-3-6-11/h1-3,5-6,12-13H,4,7-10H2,(H,20,21). The largest absolute Gasteiger partial charge is 0.481 e. The van der Waals surface area contributed by atoms with Crippen molar-refractivity contribution in [2.24, 2.45) is 5.92 Å². The number of carbonyl (C=O) groups is 1. The van der Waals surface area contributed by atoms with E-state index in [9.17, 15) is 4.79 Å². The van der Waals surface area contributed by atoms with E-state index < -0.39 is 5.97 Å². The molecular formula is C15H18N4O2. The van der Waals surface area contributed by atoms with Gasteiger partial charge in [0.25, 0.3) is 0 Å². The summed E-state index contributed by atoms with van der Waals surface area (Å²) >= 11 is 0. The van der Waals surface area contributed by atoms with E-state index in [1.54, 1.807) is 4.80 Å². The molecule has 0 amide bonds. The van der Waals surface area contributed by atoms with Crippen molar-refractivity contribution >= 4 is 5.97 Å². The van der Waals surface area contributed by atoms with E-state index in [1.807, 2.05) is 6.07 Å². The molecular weight excluding hydrogens is 268 g/mol. The van der Waals surface area contributed by atoms with Crippen LogP contribution < -0.4 is 0 Å². The van der Waals surface area contributed by atoms with E-state index in [0.29, 0.717) is 5.92 Å². The third kappa shape index (κ3) is 3.26. The lowest BCUT2D eigenvalue weighted by molar-refractivity contribution is -0.136. The van der Waals surface area contributed by atoms with Gasteiger partial charge in [-0.05, 0) is 36.0 Å². The molecule has 1 fully saturated rings. The minimum atomic E-state index is -0.929. The quantitative estimate of drug-likeness (QED) is 0.907. The van der Waals surface area contributed by atoms with Gasteiger partial charge in [-0.2, -0.15) is 4.80 Å². The average molecular weight is 286 g/mol. The van der Waals surface area contributed by atoms with E-state index in [1.165, 1.54) is 5.56 Å². The van der Waals surface area contributed by atoms with Crippen LogP contribution >= 0.6 is 0 Å². The molecule has 110 valence electrons. The minimum absolute atomic E-state index is 0.171. The number of aliphatic carboxylic acids is 1. The van der Waals surface area contributed by atoms with Gasteiger partial charge in [0.05, 0.1) is 6.04 Å². The van der Waals surface area contributed by atoms with Crippen LogP contribution in [-0.4, -0.2) is 31.3 Å². The Labute approximate surface area is 122 Å². The molecule has 1 aliphatic rings. The number of carboxylic acids is 1. The number of nitrogens with zero attached hydrogens (tertiary/aromatic N) is 4. The normalized spacial score (nSPS) is 21.5. The van der Waals surface area contributed by atoms with Crippen LogP contribution in [0.5, 0.6) is 0 Å². The average Bonchev–Trinajstić information content (AvgIpc) is 3.08. The van der Waals surface area contributed by atoms with E-state index in [4.69, 9.17) is 5.11 Å². The van der Waals surface area contributed by atoms with Gasteiger partial charge in [-0.25, -0.2) is 0 Å². The van der Waals surface area contributed by atoms with E-state index >= 15 is 0 Å². The summed E-state index contributed by atoms with van der Waals surface area (Å²) in [5.41, 5.74) is 1.32. The molecule has 2 atom stereocenters. The van der Waals surface area contributed by atoms with Gasteiger partial charge >= 0.3 is 5.97 Å². The van der Waals surface area contributed by atoms with Gasteiger partial charge in [0.2, 0.25) is 0 Å². The third-order valence-corrected chi connectivity index (χ3v) is 4.04. The van der Waals surface area contributed by atoms with E-state index in [-0.39, 0.29) is 18.3 Å². The Morgan fingerprint density at radius 3 is 2.86 bits per heavy atom. The van der Waals surface area contributed by atoms with Crippen molar-refractivity contribution in [1.82, 2.24) is 20.2 Å². The highest BCUT2D eigenvalue weighted by Gasteiger charge is 2.30. The molecule has 1 saturated carbocycles. The summed E-state index contributed by atoms with van der Waals surface area (Å²) in [6.07, 6.45) is 4.16. The first-order valence-corrected chi connectivity index (χ1v) is 7.26. The maximum absolute atomic E-state index is 10.7. The zero-order valence-corrected chi connectivity index (χ0v) is 11.7. The zero-order valence-electron chi connectivity index (χ0n) is 11.7. The third-order valence-electron chi connectivity index (χ3n) is 4.04. The Hall–Kier alpha value is -2.24. The lowest BCUT2D eigenvalue weighted by Crippen LogP contribution is -2.19. The Morgan fingerprint density at radius 2 is 2.10 bits per heavy atom. The van der Waals surface area contributed by atoms with Crippen LogP contribution in [0, 0.1) is 5.92 Å². The highest BCUT2D eigenvalue weighted by Crippen LogP contribution is 2.36. The van der Waals surface area contributed by atoms with Crippen molar-refractivity contribution in [3.8, 4) is 0 Å². The second kappa shape index (κ2) is 6.03. The van der Waals surface area contributed by atoms with Crippen LogP contribution in [0.1, 0.15) is 36.7 Å². The van der Waals surface area contributed by atoms with Crippen molar-refractivity contribution < 1.29 is 9.90 Å². The number of benzene rings is 1. The number of hydrogen-bond acceptors (Lipinski definition) is 4. The molecule has 21 heavy (non-hydrogen) atoms. The molecule has 0 aliphatic heterocycles. The Kier molecular flexibility index (Phi) is 3.94. The van der Waals surface area contributed by atoms with Crippen LogP contribution in [-0.2, 0) is 17.6 Å². The summed E-state index contributed by atoms with van der Waals surface area (Å²) in [4.78, 5) is 12.3. The smallest absolute Gasteiger partial charge is 0.311 e. The summed E-state index contributed by atoms with van der Waals surface area (Å²) in [6.45, 7) is 0. The first kappa shape index (κ1) is 13.7. The van der Waals surface area contributed by atoms with Crippen molar-refractivity contribution in [2.45, 2.75) is 38.1 Å². The first-order chi connectivity index (χ1) is 10.2. The summed E-state index contributed by atoms with van der Waals surface area (Å²) in [5.74, 6) is -0.158. The molecule has 3 rings (SSSR count). The number of tetrazole rings is 1. The minimum Gasteiger partial charge on any atom is -0.481 e. The van der Waals surface area contributed by atoms with E-state index in [0.717, 1.165) is 25.7 Å². The van der Waals surface area contributed by atoms with Gasteiger partial charge in [0.1, 0.15) is 6.42 Å². The number of aromatic nitrogens is 4. The zero-order chi connectivity index (χ0) is 14.7. The highest BCUT2D eigenvalue weighted by molar-refractivity contribution is 5.68. The summed E-state index contributed by atoms with van der Waals surface area (Å²) in [7, 11) is 0. The molecule has 0 bridgehead atoms. The number of carboxylic acid groups (broad SMARTS) is 1. The molecule has 1 heterocycles. The van der Waals surface area contributed by atoms with Crippen molar-refractivity contribution in [3.05, 3.63) is 41.7 Å². The fraction of sp³-hybridized carbons (Fsp3) is 0.467. The molecule has 1 aliphatic carbocycles. The molecule has 0 saturated heterocycles. The monoisotopic (exact) mass is 286 g/mol. The summed E-state index contributed by atoms with van der Waals surface area (Å²) in [5, 5.41) is 20.9. The topological polar surface area (TPSA) is 80.9 Å². The van der Waals surface area contributed by atoms with Crippen molar-refractivity contribution in [2.75, 3.05) is 0 Å². The predicted molar refractivity (Wildman–Crippen MR) is 75.7 cm³/mol. The Morgan fingerprint density at radius 1 is 1.29 bits per heavy atom. The molecule has 1 aromatic carbocycles. The highest BCUT2D eigenvalue weighted by atomic mass is 16.4. The molecule has 2 aromatic rings. The van der Waals surface area contributed by atoms with Crippen LogP contribution in [0.2, 0.25) is 0 Å². The number of rotatable bonds is 5.